The van der Waals surface area contributed by atoms with Gasteiger partial charge in [0.2, 0.25) is 0 Å². The van der Waals surface area contributed by atoms with Crippen LogP contribution in [0, 0.1) is 11.6 Å². The van der Waals surface area contributed by atoms with E-state index in [1.807, 2.05) is 0 Å². The molecular weight excluding hydrogens is 466 g/mol. The summed E-state index contributed by atoms with van der Waals surface area (Å²) in [4.78, 5) is 37.7. The SMILES string of the molecule is COc1cc(OCc2cccc(F)c2)c(F)cc1CN1CCCC12OC(=O)C=C(C(N)=O)C(=O)O2. The van der Waals surface area contributed by atoms with E-state index in [0.717, 1.165) is 0 Å². The van der Waals surface area contributed by atoms with Gasteiger partial charge >= 0.3 is 17.8 Å². The molecule has 4 rings (SSSR count). The minimum absolute atomic E-state index is 0.0171. The maximum Gasteiger partial charge on any atom is 0.348 e. The van der Waals surface area contributed by atoms with Crippen LogP contribution in [-0.4, -0.2) is 42.3 Å². The third-order valence-corrected chi connectivity index (χ3v) is 5.64. The third-order valence-electron chi connectivity index (χ3n) is 5.64. The zero-order valence-corrected chi connectivity index (χ0v) is 18.7. The zero-order chi connectivity index (χ0) is 25.2. The Morgan fingerprint density at radius 1 is 1.17 bits per heavy atom. The summed E-state index contributed by atoms with van der Waals surface area (Å²) in [7, 11) is 1.39. The van der Waals surface area contributed by atoms with E-state index in [0.29, 0.717) is 30.2 Å². The van der Waals surface area contributed by atoms with Gasteiger partial charge in [-0.05, 0) is 30.2 Å². The smallest absolute Gasteiger partial charge is 0.348 e. The van der Waals surface area contributed by atoms with Crippen LogP contribution in [0.3, 0.4) is 0 Å². The molecule has 1 saturated heterocycles. The topological polar surface area (TPSA) is 117 Å². The van der Waals surface area contributed by atoms with E-state index in [4.69, 9.17) is 24.7 Å². The van der Waals surface area contributed by atoms with Crippen molar-refractivity contribution in [2.75, 3.05) is 13.7 Å². The first kappa shape index (κ1) is 24.1. The quantitative estimate of drug-likeness (QED) is 0.466. The largest absolute Gasteiger partial charge is 0.496 e. The molecule has 0 aliphatic carbocycles. The van der Waals surface area contributed by atoms with Crippen molar-refractivity contribution in [3.05, 3.63) is 70.8 Å². The fraction of sp³-hybridized carbons (Fsp3) is 0.292. The van der Waals surface area contributed by atoms with Crippen molar-refractivity contribution in [2.45, 2.75) is 31.9 Å². The van der Waals surface area contributed by atoms with E-state index in [1.54, 1.807) is 6.07 Å². The molecule has 1 unspecified atom stereocenters. The van der Waals surface area contributed by atoms with Crippen molar-refractivity contribution in [2.24, 2.45) is 5.73 Å². The number of amides is 1. The summed E-state index contributed by atoms with van der Waals surface area (Å²) in [5, 5.41) is 0. The summed E-state index contributed by atoms with van der Waals surface area (Å²) in [6.07, 6.45) is 1.33. The fourth-order valence-electron chi connectivity index (χ4n) is 4.00. The predicted molar refractivity (Wildman–Crippen MR) is 116 cm³/mol. The van der Waals surface area contributed by atoms with Crippen LogP contribution >= 0.6 is 0 Å². The highest BCUT2D eigenvalue weighted by molar-refractivity contribution is 6.19. The molecule has 1 amide bonds. The van der Waals surface area contributed by atoms with Gasteiger partial charge in [-0.3, -0.25) is 4.79 Å². The molecule has 11 heteroatoms. The first-order valence-corrected chi connectivity index (χ1v) is 10.7. The predicted octanol–water partition coefficient (Wildman–Crippen LogP) is 2.31. The van der Waals surface area contributed by atoms with Crippen LogP contribution in [0.25, 0.3) is 0 Å². The van der Waals surface area contributed by atoms with Gasteiger partial charge < -0.3 is 24.7 Å². The van der Waals surface area contributed by atoms with E-state index in [9.17, 15) is 23.2 Å². The molecule has 0 radical (unpaired) electrons. The van der Waals surface area contributed by atoms with Crippen LogP contribution in [0.5, 0.6) is 11.5 Å². The number of nitrogens with two attached hydrogens (primary N) is 1. The van der Waals surface area contributed by atoms with Crippen molar-refractivity contribution in [1.82, 2.24) is 4.90 Å². The van der Waals surface area contributed by atoms with Crippen molar-refractivity contribution in [3.8, 4) is 11.5 Å². The molecule has 1 spiro atoms. The second kappa shape index (κ2) is 9.71. The highest BCUT2D eigenvalue weighted by atomic mass is 19.1. The minimum Gasteiger partial charge on any atom is -0.496 e. The average Bonchev–Trinajstić information content (AvgIpc) is 3.10. The number of rotatable bonds is 7. The second-order valence-electron chi connectivity index (χ2n) is 7.98. The van der Waals surface area contributed by atoms with Gasteiger partial charge in [0, 0.05) is 37.2 Å². The fourth-order valence-corrected chi connectivity index (χ4v) is 4.00. The number of benzene rings is 2. The normalized spacial score (nSPS) is 20.1. The summed E-state index contributed by atoms with van der Waals surface area (Å²) < 4.78 is 50.0. The van der Waals surface area contributed by atoms with Crippen LogP contribution < -0.4 is 15.2 Å². The van der Waals surface area contributed by atoms with E-state index in [2.05, 4.69) is 0 Å². The van der Waals surface area contributed by atoms with Gasteiger partial charge in [0.1, 0.15) is 23.7 Å². The van der Waals surface area contributed by atoms with E-state index >= 15 is 0 Å². The zero-order valence-electron chi connectivity index (χ0n) is 18.7. The third kappa shape index (κ3) is 5.09. The standard InChI is InChI=1S/C24H22F2N2O7/c1-32-19-11-20(33-13-14-4-2-5-16(25)8-14)18(26)9-15(19)12-28-7-3-6-24(28)34-21(29)10-17(22(27)30)23(31)35-24/h2,4-5,8-11H,3,6-7,12-13H2,1H3,(H2,27,30). The van der Waals surface area contributed by atoms with Gasteiger partial charge in [0.05, 0.1) is 7.11 Å². The Hall–Kier alpha value is -3.99. The van der Waals surface area contributed by atoms with Gasteiger partial charge in [-0.1, -0.05) is 12.1 Å². The summed E-state index contributed by atoms with van der Waals surface area (Å²) in [6.45, 7) is 0.263. The molecule has 1 atom stereocenters. The van der Waals surface area contributed by atoms with Crippen LogP contribution in [0.1, 0.15) is 24.0 Å². The molecule has 184 valence electrons. The second-order valence-corrected chi connectivity index (χ2v) is 7.98. The lowest BCUT2D eigenvalue weighted by atomic mass is 10.1. The maximum absolute atomic E-state index is 14.9. The van der Waals surface area contributed by atoms with E-state index < -0.39 is 41.0 Å². The molecule has 2 aliphatic rings. The highest BCUT2D eigenvalue weighted by Gasteiger charge is 2.51. The molecule has 2 aliphatic heterocycles. The monoisotopic (exact) mass is 488 g/mol. The van der Waals surface area contributed by atoms with Crippen LogP contribution in [0.4, 0.5) is 8.78 Å². The lowest BCUT2D eigenvalue weighted by Gasteiger charge is -2.35. The molecule has 2 aromatic rings. The summed E-state index contributed by atoms with van der Waals surface area (Å²) >= 11 is 0. The molecule has 2 heterocycles. The minimum atomic E-state index is -1.78. The number of methoxy groups -OCH3 is 1. The first-order valence-electron chi connectivity index (χ1n) is 10.7. The highest BCUT2D eigenvalue weighted by Crippen LogP contribution is 2.38. The summed E-state index contributed by atoms with van der Waals surface area (Å²) in [5.41, 5.74) is 5.42. The van der Waals surface area contributed by atoms with Gasteiger partial charge in [-0.2, -0.15) is 0 Å². The number of hydrogen-bond donors (Lipinski definition) is 1. The van der Waals surface area contributed by atoms with Gasteiger partial charge in [0.15, 0.2) is 11.6 Å². The van der Waals surface area contributed by atoms with Crippen LogP contribution in [0.2, 0.25) is 0 Å². The maximum atomic E-state index is 14.9. The number of carbonyl (C=O) groups is 3. The van der Waals surface area contributed by atoms with Crippen molar-refractivity contribution < 1.29 is 42.1 Å². The first-order chi connectivity index (χ1) is 16.7. The molecular formula is C24H22F2N2O7. The number of likely N-dealkylation sites (tertiary alicyclic amines) is 1. The lowest BCUT2D eigenvalue weighted by Crippen LogP contribution is -2.49. The molecule has 2 N–H and O–H groups in total. The molecule has 0 aromatic heterocycles. The number of ether oxygens (including phenoxy) is 4. The Labute approximate surface area is 199 Å². The number of primary amides is 1. The molecule has 35 heavy (non-hydrogen) atoms. The number of hydrogen-bond acceptors (Lipinski definition) is 8. The van der Waals surface area contributed by atoms with Crippen molar-refractivity contribution in [3.63, 3.8) is 0 Å². The molecule has 1 fully saturated rings. The van der Waals surface area contributed by atoms with Crippen LogP contribution in [0.15, 0.2) is 48.0 Å². The van der Waals surface area contributed by atoms with Crippen molar-refractivity contribution >= 4 is 17.8 Å². The number of carbonyl (C=O) groups excluding carboxylic acids is 3. The van der Waals surface area contributed by atoms with Crippen molar-refractivity contribution in [1.29, 1.82) is 0 Å². The molecule has 0 saturated carbocycles. The number of esters is 2. The molecule has 0 bridgehead atoms. The lowest BCUT2D eigenvalue weighted by molar-refractivity contribution is -0.271. The van der Waals surface area contributed by atoms with Gasteiger partial charge in [0.25, 0.3) is 5.91 Å². The Morgan fingerprint density at radius 3 is 2.69 bits per heavy atom. The van der Waals surface area contributed by atoms with Crippen LogP contribution in [-0.2, 0) is 37.0 Å². The average molecular weight is 488 g/mol. The van der Waals surface area contributed by atoms with E-state index in [1.165, 1.54) is 42.3 Å². The Morgan fingerprint density at radius 2 is 1.97 bits per heavy atom. The Balaban J connectivity index is 1.55. The van der Waals surface area contributed by atoms with Gasteiger partial charge in [-0.15, -0.1) is 0 Å². The molecule has 9 nitrogen and oxygen atoms in total. The Kier molecular flexibility index (Phi) is 6.70. The summed E-state index contributed by atoms with van der Waals surface area (Å²) in [5.74, 6) is -5.92. The number of halogens is 2. The molecule has 2 aromatic carbocycles. The Bertz CT molecular complexity index is 1220. The van der Waals surface area contributed by atoms with E-state index in [-0.39, 0.29) is 31.1 Å². The number of nitrogens with zero attached hydrogens (tertiary/aromatic N) is 1. The van der Waals surface area contributed by atoms with Gasteiger partial charge in [-0.25, -0.2) is 23.3 Å². The summed E-state index contributed by atoms with van der Waals surface area (Å²) in [6, 6.07) is 8.29.